The molecule has 0 saturated heterocycles. The van der Waals surface area contributed by atoms with Gasteiger partial charge in [-0.3, -0.25) is 9.48 Å². The highest BCUT2D eigenvalue weighted by molar-refractivity contribution is 9.10. The molecule has 7 nitrogen and oxygen atoms in total. The van der Waals surface area contributed by atoms with Gasteiger partial charge in [-0.15, -0.1) is 0 Å². The molecule has 2 aromatic rings. The molecule has 0 saturated carbocycles. The van der Waals surface area contributed by atoms with Crippen molar-refractivity contribution in [2.75, 3.05) is 13.7 Å². The maximum Gasteiger partial charge on any atom is 0.271 e. The van der Waals surface area contributed by atoms with Gasteiger partial charge in [0.2, 0.25) is 0 Å². The van der Waals surface area contributed by atoms with Gasteiger partial charge in [-0.25, -0.2) is 4.68 Å². The van der Waals surface area contributed by atoms with Crippen LogP contribution in [0, 0.1) is 13.8 Å². The first-order chi connectivity index (χ1) is 10.5. The van der Waals surface area contributed by atoms with E-state index in [2.05, 4.69) is 31.4 Å². The lowest BCUT2D eigenvalue weighted by Gasteiger charge is -2.05. The summed E-state index contributed by atoms with van der Waals surface area (Å²) in [5, 5.41) is 11.4. The molecule has 0 aliphatic heterocycles. The quantitative estimate of drug-likeness (QED) is 0.756. The first kappa shape index (κ1) is 16.7. The van der Waals surface area contributed by atoms with Crippen molar-refractivity contribution in [3.8, 4) is 0 Å². The molecule has 0 fully saturated rings. The Bertz CT molecular complexity index is 650. The second-order valence-electron chi connectivity index (χ2n) is 4.98. The molecule has 0 aliphatic rings. The minimum atomic E-state index is -0.176. The van der Waals surface area contributed by atoms with Gasteiger partial charge in [-0.05, 0) is 42.3 Å². The second-order valence-corrected chi connectivity index (χ2v) is 5.77. The van der Waals surface area contributed by atoms with Crippen LogP contribution in [0.1, 0.15) is 28.3 Å². The minimum absolute atomic E-state index is 0.176. The van der Waals surface area contributed by atoms with Crippen molar-refractivity contribution in [1.29, 1.82) is 0 Å². The number of aromatic nitrogens is 4. The summed E-state index contributed by atoms with van der Waals surface area (Å²) in [7, 11) is 1.58. The molecule has 0 unspecified atom stereocenters. The predicted molar refractivity (Wildman–Crippen MR) is 85.6 cm³/mol. The largest absolute Gasteiger partial charge is 0.362 e. The summed E-state index contributed by atoms with van der Waals surface area (Å²) >= 11 is 3.50. The summed E-state index contributed by atoms with van der Waals surface area (Å²) < 4.78 is 9.50. The monoisotopic (exact) mass is 369 g/mol. The number of nitrogens with zero attached hydrogens (tertiary/aromatic N) is 4. The number of hydrogen-bond acceptors (Lipinski definition) is 4. The molecular weight excluding hydrogens is 350 g/mol. The first-order valence-corrected chi connectivity index (χ1v) is 7.82. The summed E-state index contributed by atoms with van der Waals surface area (Å²) in [6, 6.07) is 1.67. The van der Waals surface area contributed by atoms with Crippen molar-refractivity contribution in [3.05, 3.63) is 33.8 Å². The third-order valence-electron chi connectivity index (χ3n) is 3.26. The highest BCUT2D eigenvalue weighted by Gasteiger charge is 2.10. The van der Waals surface area contributed by atoms with Gasteiger partial charge in [0.15, 0.2) is 0 Å². The van der Waals surface area contributed by atoms with E-state index in [9.17, 15) is 4.79 Å². The number of amides is 1. The van der Waals surface area contributed by atoms with Crippen LogP contribution in [-0.2, 0) is 18.0 Å². The van der Waals surface area contributed by atoms with Crippen LogP contribution in [0.15, 0.2) is 16.7 Å². The predicted octanol–water partition coefficient (Wildman–Crippen LogP) is 1.88. The maximum absolute atomic E-state index is 11.9. The van der Waals surface area contributed by atoms with Gasteiger partial charge in [-0.2, -0.15) is 10.2 Å². The van der Waals surface area contributed by atoms with Gasteiger partial charge in [0.25, 0.3) is 5.91 Å². The molecule has 22 heavy (non-hydrogen) atoms. The molecule has 0 bridgehead atoms. The number of rotatable bonds is 7. The fraction of sp³-hybridized carbons (Fsp3) is 0.500. The van der Waals surface area contributed by atoms with Crippen molar-refractivity contribution >= 4 is 21.8 Å². The van der Waals surface area contributed by atoms with E-state index in [1.54, 1.807) is 24.1 Å². The molecule has 2 heterocycles. The Morgan fingerprint density at radius 3 is 2.82 bits per heavy atom. The van der Waals surface area contributed by atoms with Crippen molar-refractivity contribution in [3.63, 3.8) is 0 Å². The zero-order valence-corrected chi connectivity index (χ0v) is 14.6. The van der Waals surface area contributed by atoms with Gasteiger partial charge in [0, 0.05) is 32.1 Å². The Morgan fingerprint density at radius 2 is 2.18 bits per heavy atom. The number of ether oxygens (including phenoxy) is 1. The third-order valence-corrected chi connectivity index (χ3v) is 4.41. The fourth-order valence-electron chi connectivity index (χ4n) is 2.10. The number of carbonyl (C=O) groups excluding carboxylic acids is 1. The molecule has 1 N–H and O–H groups in total. The number of carbonyl (C=O) groups is 1. The van der Waals surface area contributed by atoms with Crippen molar-refractivity contribution < 1.29 is 9.53 Å². The Balaban J connectivity index is 1.78. The summed E-state index contributed by atoms with van der Waals surface area (Å²) in [5.41, 5.74) is 2.47. The van der Waals surface area contributed by atoms with Crippen LogP contribution in [0.3, 0.4) is 0 Å². The number of hydrogen-bond donors (Lipinski definition) is 1. The lowest BCUT2D eigenvalue weighted by molar-refractivity contribution is 0.0939. The van der Waals surface area contributed by atoms with Gasteiger partial charge >= 0.3 is 0 Å². The summed E-state index contributed by atoms with van der Waals surface area (Å²) in [6.07, 6.45) is 2.52. The molecular formula is C14H20BrN5O2. The summed E-state index contributed by atoms with van der Waals surface area (Å²) in [4.78, 5) is 11.9. The third kappa shape index (κ3) is 3.95. The number of nitrogens with one attached hydrogen (secondary N) is 1. The van der Waals surface area contributed by atoms with Gasteiger partial charge < -0.3 is 10.1 Å². The highest BCUT2D eigenvalue weighted by Crippen LogP contribution is 2.19. The van der Waals surface area contributed by atoms with Crippen molar-refractivity contribution in [2.24, 2.45) is 0 Å². The van der Waals surface area contributed by atoms with Crippen LogP contribution in [0.2, 0.25) is 0 Å². The van der Waals surface area contributed by atoms with E-state index in [0.717, 1.165) is 28.8 Å². The second kappa shape index (κ2) is 7.55. The van der Waals surface area contributed by atoms with Crippen LogP contribution in [0.5, 0.6) is 0 Å². The van der Waals surface area contributed by atoms with E-state index in [4.69, 9.17) is 4.74 Å². The average Bonchev–Trinajstić information content (AvgIpc) is 3.05. The Hall–Kier alpha value is -1.67. The van der Waals surface area contributed by atoms with E-state index < -0.39 is 0 Å². The zero-order valence-electron chi connectivity index (χ0n) is 13.0. The van der Waals surface area contributed by atoms with Crippen molar-refractivity contribution in [2.45, 2.75) is 33.5 Å². The molecule has 0 spiro atoms. The molecule has 0 aromatic carbocycles. The smallest absolute Gasteiger partial charge is 0.271 e. The topological polar surface area (TPSA) is 74.0 Å². The molecule has 1 amide bonds. The van der Waals surface area contributed by atoms with E-state index in [-0.39, 0.29) is 5.91 Å². The average molecular weight is 370 g/mol. The van der Waals surface area contributed by atoms with E-state index in [0.29, 0.717) is 19.0 Å². The van der Waals surface area contributed by atoms with Crippen LogP contribution < -0.4 is 5.32 Å². The zero-order chi connectivity index (χ0) is 16.1. The molecule has 8 heteroatoms. The number of aryl methyl sites for hydroxylation is 2. The molecule has 120 valence electrons. The molecule has 2 rings (SSSR count). The van der Waals surface area contributed by atoms with Crippen LogP contribution in [0.4, 0.5) is 0 Å². The number of methoxy groups -OCH3 is 1. The SMILES string of the molecule is COCn1ccc(C(=O)NCCCn2nc(C)c(Br)c2C)n1. The number of halogens is 1. The molecule has 2 aromatic heterocycles. The maximum atomic E-state index is 11.9. The molecule has 0 radical (unpaired) electrons. The van der Waals surface area contributed by atoms with Crippen molar-refractivity contribution in [1.82, 2.24) is 24.9 Å². The summed E-state index contributed by atoms with van der Waals surface area (Å²) in [5.74, 6) is -0.176. The molecule has 0 aliphatic carbocycles. The van der Waals surface area contributed by atoms with E-state index in [1.807, 2.05) is 18.5 Å². The van der Waals surface area contributed by atoms with Crippen LogP contribution in [-0.4, -0.2) is 39.1 Å². The first-order valence-electron chi connectivity index (χ1n) is 7.03. The summed E-state index contributed by atoms with van der Waals surface area (Å²) in [6.45, 7) is 5.65. The van der Waals surface area contributed by atoms with Gasteiger partial charge in [0.05, 0.1) is 10.2 Å². The minimum Gasteiger partial charge on any atom is -0.362 e. The van der Waals surface area contributed by atoms with Crippen LogP contribution in [0.25, 0.3) is 0 Å². The fourth-order valence-corrected chi connectivity index (χ4v) is 2.39. The Morgan fingerprint density at radius 1 is 1.41 bits per heavy atom. The highest BCUT2D eigenvalue weighted by atomic mass is 79.9. The molecule has 0 atom stereocenters. The normalized spacial score (nSPS) is 10.9. The van der Waals surface area contributed by atoms with Crippen LogP contribution >= 0.6 is 15.9 Å². The Labute approximate surface area is 137 Å². The lowest BCUT2D eigenvalue weighted by Crippen LogP contribution is -2.26. The Kier molecular flexibility index (Phi) is 5.73. The van der Waals surface area contributed by atoms with E-state index >= 15 is 0 Å². The van der Waals surface area contributed by atoms with Gasteiger partial charge in [0.1, 0.15) is 12.4 Å². The van der Waals surface area contributed by atoms with Gasteiger partial charge in [-0.1, -0.05) is 0 Å². The lowest BCUT2D eigenvalue weighted by atomic mass is 10.3. The van der Waals surface area contributed by atoms with E-state index in [1.165, 1.54) is 0 Å². The standard InChI is InChI=1S/C14H20BrN5O2/c1-10-13(15)11(2)20(17-10)7-4-6-16-14(21)12-5-8-19(18-12)9-22-3/h5,8H,4,6-7,9H2,1-3H3,(H,16,21).